The van der Waals surface area contributed by atoms with E-state index in [2.05, 4.69) is 30.5 Å². The molecular weight excluding hydrogens is 347 g/mol. The largest absolute Gasteiger partial charge is 0.482 e. The van der Waals surface area contributed by atoms with Crippen molar-refractivity contribution < 1.29 is 9.53 Å². The molecule has 0 aliphatic heterocycles. The van der Waals surface area contributed by atoms with Gasteiger partial charge < -0.3 is 4.74 Å². The van der Waals surface area contributed by atoms with Gasteiger partial charge >= 0.3 is 0 Å². The summed E-state index contributed by atoms with van der Waals surface area (Å²) in [6.45, 7) is 6.00. The van der Waals surface area contributed by atoms with Crippen LogP contribution in [0.15, 0.2) is 46.6 Å². The molecule has 0 radical (unpaired) electrons. The van der Waals surface area contributed by atoms with Gasteiger partial charge in [0.1, 0.15) is 5.75 Å². The molecule has 0 fully saturated rings. The number of hydrogen-bond acceptors (Lipinski definition) is 3. The highest BCUT2D eigenvalue weighted by atomic mass is 35.5. The predicted octanol–water partition coefficient (Wildman–Crippen LogP) is 5.17. The van der Waals surface area contributed by atoms with Crippen LogP contribution in [0.3, 0.4) is 0 Å². The zero-order valence-electron chi connectivity index (χ0n) is 14.1. The maximum absolute atomic E-state index is 11.6. The number of ether oxygens (including phenoxy) is 1. The van der Waals surface area contributed by atoms with Gasteiger partial charge in [0.2, 0.25) is 0 Å². The number of benzene rings is 1. The smallest absolute Gasteiger partial charge is 0.277 e. The number of hydrogen-bond donors (Lipinski definition) is 1. The van der Waals surface area contributed by atoms with Gasteiger partial charge in [0.05, 0.1) is 5.02 Å². The average molecular weight is 369 g/mol. The van der Waals surface area contributed by atoms with E-state index in [1.54, 1.807) is 24.4 Å². The van der Waals surface area contributed by atoms with Gasteiger partial charge in [0.25, 0.3) is 5.91 Å². The zero-order valence-corrected chi connectivity index (χ0v) is 15.6. The van der Waals surface area contributed by atoms with Crippen LogP contribution >= 0.6 is 23.2 Å². The van der Waals surface area contributed by atoms with Crippen LogP contribution in [0.25, 0.3) is 0 Å². The Kier molecular flexibility index (Phi) is 9.20. The number of allylic oxidation sites excluding steroid dienone is 4. The maximum Gasteiger partial charge on any atom is 0.277 e. The van der Waals surface area contributed by atoms with Crippen molar-refractivity contribution in [3.63, 3.8) is 0 Å². The molecule has 0 aliphatic carbocycles. The minimum Gasteiger partial charge on any atom is -0.482 e. The number of rotatable bonds is 8. The summed E-state index contributed by atoms with van der Waals surface area (Å²) in [5.74, 6) is 0.0306. The predicted molar refractivity (Wildman–Crippen MR) is 101 cm³/mol. The quantitative estimate of drug-likeness (QED) is 0.391. The van der Waals surface area contributed by atoms with Crippen LogP contribution in [-0.2, 0) is 4.79 Å². The Morgan fingerprint density at radius 2 is 2.04 bits per heavy atom. The summed E-state index contributed by atoms with van der Waals surface area (Å²) in [6, 6.07) is 4.80. The van der Waals surface area contributed by atoms with E-state index in [1.165, 1.54) is 11.1 Å². The van der Waals surface area contributed by atoms with Gasteiger partial charge in [-0.15, -0.1) is 0 Å². The summed E-state index contributed by atoms with van der Waals surface area (Å²) in [4.78, 5) is 11.6. The van der Waals surface area contributed by atoms with Crippen LogP contribution in [0.1, 0.15) is 33.6 Å². The lowest BCUT2D eigenvalue weighted by Crippen LogP contribution is -2.24. The van der Waals surface area contributed by atoms with Crippen LogP contribution in [0, 0.1) is 0 Å². The molecule has 1 aromatic carbocycles. The highest BCUT2D eigenvalue weighted by Gasteiger charge is 2.05. The van der Waals surface area contributed by atoms with Gasteiger partial charge in [-0.1, -0.05) is 40.4 Å². The Balaban J connectivity index is 2.33. The molecular formula is C18H22Cl2N2O2. The maximum atomic E-state index is 11.6. The van der Waals surface area contributed by atoms with Gasteiger partial charge in [-0.2, -0.15) is 5.10 Å². The molecule has 1 aromatic rings. The molecule has 0 unspecified atom stereocenters. The second-order valence-corrected chi connectivity index (χ2v) is 6.35. The molecule has 130 valence electrons. The molecule has 6 heteroatoms. The highest BCUT2D eigenvalue weighted by Crippen LogP contribution is 2.27. The van der Waals surface area contributed by atoms with Crippen LogP contribution in [0.4, 0.5) is 0 Å². The highest BCUT2D eigenvalue weighted by molar-refractivity contribution is 6.35. The molecule has 0 saturated carbocycles. The average Bonchev–Trinajstić information content (AvgIpc) is 2.50. The normalized spacial score (nSPS) is 11.5. The minimum atomic E-state index is -0.368. The second kappa shape index (κ2) is 10.9. The molecule has 0 spiro atoms. The summed E-state index contributed by atoms with van der Waals surface area (Å²) in [5.41, 5.74) is 4.89. The van der Waals surface area contributed by atoms with E-state index in [9.17, 15) is 4.79 Å². The van der Waals surface area contributed by atoms with Crippen LogP contribution in [0.5, 0.6) is 5.75 Å². The van der Waals surface area contributed by atoms with Crippen molar-refractivity contribution in [2.24, 2.45) is 5.10 Å². The third-order valence-electron chi connectivity index (χ3n) is 2.97. The Morgan fingerprint density at radius 1 is 1.29 bits per heavy atom. The fourth-order valence-corrected chi connectivity index (χ4v) is 2.18. The third-order valence-corrected chi connectivity index (χ3v) is 3.50. The van der Waals surface area contributed by atoms with Crippen LogP contribution in [-0.4, -0.2) is 18.7 Å². The minimum absolute atomic E-state index is 0.179. The topological polar surface area (TPSA) is 50.7 Å². The summed E-state index contributed by atoms with van der Waals surface area (Å²) in [6.07, 6.45) is 7.58. The summed E-state index contributed by atoms with van der Waals surface area (Å²) in [7, 11) is 0. The second-order valence-electron chi connectivity index (χ2n) is 5.51. The number of carbonyl (C=O) groups excluding carboxylic acids is 1. The first kappa shape index (κ1) is 20.3. The summed E-state index contributed by atoms with van der Waals surface area (Å²) in [5, 5.41) is 4.72. The monoisotopic (exact) mass is 368 g/mol. The molecule has 1 N–H and O–H groups in total. The Bertz CT molecular complexity index is 648. The number of halogens is 2. The van der Waals surface area contributed by atoms with E-state index in [4.69, 9.17) is 27.9 Å². The van der Waals surface area contributed by atoms with Crippen molar-refractivity contribution in [1.29, 1.82) is 0 Å². The van der Waals surface area contributed by atoms with Crippen molar-refractivity contribution in [2.45, 2.75) is 33.6 Å². The van der Waals surface area contributed by atoms with Gasteiger partial charge in [-0.3, -0.25) is 4.79 Å². The Labute approximate surface area is 153 Å². The lowest BCUT2D eigenvalue weighted by Gasteiger charge is -2.06. The summed E-state index contributed by atoms with van der Waals surface area (Å²) >= 11 is 11.7. The molecule has 0 aliphatic rings. The first-order chi connectivity index (χ1) is 11.4. The van der Waals surface area contributed by atoms with Gasteiger partial charge in [-0.05, 0) is 57.9 Å². The summed E-state index contributed by atoms with van der Waals surface area (Å²) < 4.78 is 5.31. The SMILES string of the molecule is CC(C)=CCC/C(C)=C\C=N\NC(=O)COc1ccc(Cl)cc1Cl. The van der Waals surface area contributed by atoms with Crippen LogP contribution in [0.2, 0.25) is 10.0 Å². The van der Waals surface area contributed by atoms with Crippen molar-refractivity contribution in [1.82, 2.24) is 5.43 Å². The molecule has 0 saturated heterocycles. The Hall–Kier alpha value is -1.78. The van der Waals surface area contributed by atoms with E-state index < -0.39 is 0 Å². The van der Waals surface area contributed by atoms with Gasteiger partial charge in [0.15, 0.2) is 6.61 Å². The van der Waals surface area contributed by atoms with Crippen molar-refractivity contribution >= 4 is 35.3 Å². The number of hydrazone groups is 1. The molecule has 0 atom stereocenters. The fourth-order valence-electron chi connectivity index (χ4n) is 1.71. The lowest BCUT2D eigenvalue weighted by atomic mass is 10.1. The standard InChI is InChI=1S/C18H22Cl2N2O2/c1-13(2)5-4-6-14(3)9-10-21-22-18(23)12-24-17-8-7-15(19)11-16(17)20/h5,7-11H,4,6,12H2,1-3H3,(H,22,23)/b14-9-,21-10+. The number of amides is 1. The van der Waals surface area contributed by atoms with E-state index in [1.807, 2.05) is 13.0 Å². The third kappa shape index (κ3) is 8.75. The van der Waals surface area contributed by atoms with Crippen LogP contribution < -0.4 is 10.2 Å². The molecule has 0 bridgehead atoms. The number of nitrogens with one attached hydrogen (secondary N) is 1. The lowest BCUT2D eigenvalue weighted by molar-refractivity contribution is -0.123. The Morgan fingerprint density at radius 3 is 2.71 bits per heavy atom. The zero-order chi connectivity index (χ0) is 17.9. The molecule has 4 nitrogen and oxygen atoms in total. The van der Waals surface area contributed by atoms with E-state index in [0.29, 0.717) is 15.8 Å². The number of carbonyl (C=O) groups is 1. The van der Waals surface area contributed by atoms with E-state index in [-0.39, 0.29) is 12.5 Å². The van der Waals surface area contributed by atoms with E-state index in [0.717, 1.165) is 12.8 Å². The van der Waals surface area contributed by atoms with Crippen molar-refractivity contribution in [2.75, 3.05) is 6.61 Å². The molecule has 0 heterocycles. The number of nitrogens with zero attached hydrogens (tertiary/aromatic N) is 1. The fraction of sp³-hybridized carbons (Fsp3) is 0.333. The van der Waals surface area contributed by atoms with Crippen molar-refractivity contribution in [3.8, 4) is 5.75 Å². The molecule has 1 rings (SSSR count). The van der Waals surface area contributed by atoms with Crippen molar-refractivity contribution in [3.05, 3.63) is 51.5 Å². The molecule has 24 heavy (non-hydrogen) atoms. The van der Waals surface area contributed by atoms with Gasteiger partial charge in [0, 0.05) is 11.2 Å². The molecule has 0 aromatic heterocycles. The molecule has 1 amide bonds. The van der Waals surface area contributed by atoms with Gasteiger partial charge in [-0.25, -0.2) is 5.43 Å². The first-order valence-corrected chi connectivity index (χ1v) is 8.33. The van der Waals surface area contributed by atoms with E-state index >= 15 is 0 Å². The first-order valence-electron chi connectivity index (χ1n) is 7.57.